The van der Waals surface area contributed by atoms with Crippen LogP contribution in [0.1, 0.15) is 30.0 Å². The Morgan fingerprint density at radius 2 is 2.33 bits per heavy atom. The highest BCUT2D eigenvalue weighted by molar-refractivity contribution is 6.28. The molecule has 0 amide bonds. The summed E-state index contributed by atoms with van der Waals surface area (Å²) >= 11 is 5.65. The van der Waals surface area contributed by atoms with Gasteiger partial charge in [0.1, 0.15) is 0 Å². The molecule has 1 saturated carbocycles. The minimum absolute atomic E-state index is 0.288. The fraction of sp³-hybridized carbons (Fsp3) is 0.333. The number of halogens is 1. The van der Waals surface area contributed by atoms with Crippen LogP contribution in [-0.2, 0) is 0 Å². The second-order valence-corrected chi connectivity index (χ2v) is 3.19. The van der Waals surface area contributed by atoms with E-state index in [1.165, 1.54) is 12.8 Å². The van der Waals surface area contributed by atoms with Gasteiger partial charge in [-0.15, -0.1) is 6.42 Å². The lowest BCUT2D eigenvalue weighted by atomic mass is 10.2. The minimum Gasteiger partial charge on any atom is -0.225 e. The number of hydrogen-bond acceptors (Lipinski definition) is 2. The lowest BCUT2D eigenvalue weighted by Crippen LogP contribution is -1.94. The Bertz CT molecular complexity index is 350. The number of aromatic nitrogens is 2. The third-order valence-electron chi connectivity index (χ3n) is 1.91. The predicted molar refractivity (Wildman–Crippen MR) is 47.0 cm³/mol. The number of nitrogens with zero attached hydrogens (tertiary/aromatic N) is 2. The van der Waals surface area contributed by atoms with Crippen molar-refractivity contribution in [3.63, 3.8) is 0 Å². The van der Waals surface area contributed by atoms with Crippen molar-refractivity contribution < 1.29 is 0 Å². The molecular weight excluding hydrogens is 172 g/mol. The number of terminal acetylenes is 1. The summed E-state index contributed by atoms with van der Waals surface area (Å²) in [5, 5.41) is 0.288. The maximum atomic E-state index is 5.65. The van der Waals surface area contributed by atoms with Gasteiger partial charge < -0.3 is 0 Å². The van der Waals surface area contributed by atoms with Gasteiger partial charge in [-0.1, -0.05) is 5.92 Å². The van der Waals surface area contributed by atoms with Gasteiger partial charge in [0.15, 0.2) is 0 Å². The monoisotopic (exact) mass is 178 g/mol. The van der Waals surface area contributed by atoms with Crippen molar-refractivity contribution in [1.29, 1.82) is 0 Å². The first kappa shape index (κ1) is 7.57. The molecule has 1 fully saturated rings. The molecule has 1 heterocycles. The molecule has 2 nitrogen and oxygen atoms in total. The molecule has 1 aliphatic carbocycles. The lowest BCUT2D eigenvalue weighted by molar-refractivity contribution is 0.978. The van der Waals surface area contributed by atoms with Crippen LogP contribution in [0.15, 0.2) is 6.20 Å². The van der Waals surface area contributed by atoms with Gasteiger partial charge in [0.05, 0.1) is 11.3 Å². The van der Waals surface area contributed by atoms with E-state index in [4.69, 9.17) is 18.0 Å². The van der Waals surface area contributed by atoms with Crippen molar-refractivity contribution in [2.45, 2.75) is 18.8 Å². The Morgan fingerprint density at radius 1 is 1.58 bits per heavy atom. The van der Waals surface area contributed by atoms with Crippen LogP contribution in [0.4, 0.5) is 0 Å². The molecule has 0 aromatic carbocycles. The zero-order chi connectivity index (χ0) is 8.55. The Hall–Kier alpha value is -1.07. The van der Waals surface area contributed by atoms with Crippen molar-refractivity contribution in [2.75, 3.05) is 0 Å². The smallest absolute Gasteiger partial charge is 0.222 e. The van der Waals surface area contributed by atoms with Gasteiger partial charge in [-0.25, -0.2) is 9.97 Å². The standard InChI is InChI=1S/C9H7ClN2/c1-2-6-5-11-9(10)12-8(6)7-3-4-7/h1,5,7H,3-4H2. The van der Waals surface area contributed by atoms with Crippen molar-refractivity contribution in [3.05, 3.63) is 22.7 Å². The summed E-state index contributed by atoms with van der Waals surface area (Å²) in [6, 6.07) is 0. The van der Waals surface area contributed by atoms with Crippen LogP contribution >= 0.6 is 11.6 Å². The number of hydrogen-bond donors (Lipinski definition) is 0. The quantitative estimate of drug-likeness (QED) is 0.486. The second kappa shape index (κ2) is 2.76. The molecule has 2 rings (SSSR count). The molecule has 1 aromatic rings. The Morgan fingerprint density at radius 3 is 2.92 bits per heavy atom. The zero-order valence-electron chi connectivity index (χ0n) is 6.42. The predicted octanol–water partition coefficient (Wildman–Crippen LogP) is 1.99. The molecule has 1 aromatic heterocycles. The van der Waals surface area contributed by atoms with E-state index in [-0.39, 0.29) is 5.28 Å². The van der Waals surface area contributed by atoms with E-state index in [1.807, 2.05) is 0 Å². The molecule has 0 spiro atoms. The zero-order valence-corrected chi connectivity index (χ0v) is 7.17. The van der Waals surface area contributed by atoms with Crippen molar-refractivity contribution in [1.82, 2.24) is 9.97 Å². The molecule has 12 heavy (non-hydrogen) atoms. The molecule has 60 valence electrons. The average molecular weight is 179 g/mol. The van der Waals surface area contributed by atoms with E-state index in [0.717, 1.165) is 11.3 Å². The summed E-state index contributed by atoms with van der Waals surface area (Å²) in [5.74, 6) is 3.09. The van der Waals surface area contributed by atoms with Gasteiger partial charge in [0, 0.05) is 12.1 Å². The van der Waals surface area contributed by atoms with Gasteiger partial charge in [0.25, 0.3) is 0 Å². The molecule has 0 bridgehead atoms. The lowest BCUT2D eigenvalue weighted by Gasteiger charge is -1.99. The highest BCUT2D eigenvalue weighted by Gasteiger charge is 2.27. The van der Waals surface area contributed by atoms with E-state index >= 15 is 0 Å². The Kier molecular flexibility index (Phi) is 1.74. The third-order valence-corrected chi connectivity index (χ3v) is 2.09. The van der Waals surface area contributed by atoms with E-state index in [2.05, 4.69) is 15.9 Å². The maximum absolute atomic E-state index is 5.65. The van der Waals surface area contributed by atoms with Crippen LogP contribution in [0, 0.1) is 12.3 Å². The number of rotatable bonds is 1. The molecule has 0 atom stereocenters. The largest absolute Gasteiger partial charge is 0.225 e. The van der Waals surface area contributed by atoms with E-state index in [0.29, 0.717) is 5.92 Å². The Balaban J connectivity index is 2.48. The SMILES string of the molecule is C#Cc1cnc(Cl)nc1C1CC1. The first-order chi connectivity index (χ1) is 5.81. The van der Waals surface area contributed by atoms with Gasteiger partial charge in [0.2, 0.25) is 5.28 Å². The minimum atomic E-state index is 0.288. The van der Waals surface area contributed by atoms with E-state index in [9.17, 15) is 0 Å². The normalized spacial score (nSPS) is 15.7. The molecular formula is C9H7ClN2. The van der Waals surface area contributed by atoms with Gasteiger partial charge in [-0.3, -0.25) is 0 Å². The third kappa shape index (κ3) is 1.28. The highest BCUT2D eigenvalue weighted by atomic mass is 35.5. The topological polar surface area (TPSA) is 25.8 Å². The molecule has 0 saturated heterocycles. The van der Waals surface area contributed by atoms with Crippen LogP contribution < -0.4 is 0 Å². The fourth-order valence-electron chi connectivity index (χ4n) is 1.15. The van der Waals surface area contributed by atoms with E-state index < -0.39 is 0 Å². The van der Waals surface area contributed by atoms with E-state index in [1.54, 1.807) is 6.20 Å². The molecule has 0 radical (unpaired) electrons. The van der Waals surface area contributed by atoms with Crippen molar-refractivity contribution >= 4 is 11.6 Å². The Labute approximate surface area is 76.0 Å². The molecule has 0 N–H and O–H groups in total. The van der Waals surface area contributed by atoms with Crippen LogP contribution in [0.2, 0.25) is 5.28 Å². The maximum Gasteiger partial charge on any atom is 0.222 e. The summed E-state index contributed by atoms with van der Waals surface area (Å²) in [4.78, 5) is 7.95. The summed E-state index contributed by atoms with van der Waals surface area (Å²) in [6.07, 6.45) is 9.24. The first-order valence-corrected chi connectivity index (χ1v) is 4.18. The summed E-state index contributed by atoms with van der Waals surface area (Å²) in [5.41, 5.74) is 1.72. The van der Waals surface area contributed by atoms with Gasteiger partial charge in [-0.2, -0.15) is 0 Å². The first-order valence-electron chi connectivity index (χ1n) is 3.80. The highest BCUT2D eigenvalue weighted by Crippen LogP contribution is 2.40. The van der Waals surface area contributed by atoms with Crippen LogP contribution in [0.5, 0.6) is 0 Å². The van der Waals surface area contributed by atoms with Crippen molar-refractivity contribution in [3.8, 4) is 12.3 Å². The molecule has 1 aliphatic rings. The summed E-state index contributed by atoms with van der Waals surface area (Å²) in [7, 11) is 0. The summed E-state index contributed by atoms with van der Waals surface area (Å²) in [6.45, 7) is 0. The van der Waals surface area contributed by atoms with Crippen LogP contribution in [0.25, 0.3) is 0 Å². The van der Waals surface area contributed by atoms with Crippen molar-refractivity contribution in [2.24, 2.45) is 0 Å². The second-order valence-electron chi connectivity index (χ2n) is 2.86. The van der Waals surface area contributed by atoms with Gasteiger partial charge in [-0.05, 0) is 24.4 Å². The van der Waals surface area contributed by atoms with Crippen LogP contribution in [-0.4, -0.2) is 9.97 Å². The fourth-order valence-corrected chi connectivity index (χ4v) is 1.29. The average Bonchev–Trinajstić information content (AvgIpc) is 2.87. The van der Waals surface area contributed by atoms with Crippen LogP contribution in [0.3, 0.4) is 0 Å². The van der Waals surface area contributed by atoms with Gasteiger partial charge >= 0.3 is 0 Å². The molecule has 3 heteroatoms. The summed E-state index contributed by atoms with van der Waals surface area (Å²) < 4.78 is 0. The molecule has 0 unspecified atom stereocenters. The molecule has 0 aliphatic heterocycles.